The second-order valence-corrected chi connectivity index (χ2v) is 5.37. The normalized spacial score (nSPS) is 10.7. The van der Waals surface area contributed by atoms with E-state index in [-0.39, 0.29) is 0 Å². The predicted octanol–water partition coefficient (Wildman–Crippen LogP) is 4.02. The monoisotopic (exact) mass is 356 g/mol. The molecule has 6 heteroatoms. The number of rotatable bonds is 4. The molecule has 0 atom stereocenters. The number of hydrogen-bond donors (Lipinski definition) is 0. The molecule has 20 heavy (non-hydrogen) atoms. The number of ether oxygens (including phenoxy) is 2. The van der Waals surface area contributed by atoms with Crippen LogP contribution in [0.25, 0.3) is 11.4 Å². The van der Waals surface area contributed by atoms with E-state index in [1.54, 1.807) is 14.2 Å². The molecule has 106 valence electrons. The van der Waals surface area contributed by atoms with E-state index < -0.39 is 0 Å². The highest BCUT2D eigenvalue weighted by Crippen LogP contribution is 2.29. The van der Waals surface area contributed by atoms with Gasteiger partial charge in [0.1, 0.15) is 10.9 Å². The fourth-order valence-electron chi connectivity index (χ4n) is 1.84. The second kappa shape index (κ2) is 6.52. The van der Waals surface area contributed by atoms with Crippen LogP contribution in [0.2, 0.25) is 5.15 Å². The lowest BCUT2D eigenvalue weighted by atomic mass is 10.1. The highest BCUT2D eigenvalue weighted by molar-refractivity contribution is 9.10. The van der Waals surface area contributed by atoms with Crippen LogP contribution in [0.4, 0.5) is 0 Å². The summed E-state index contributed by atoms with van der Waals surface area (Å²) in [6, 6.07) is 5.76. The molecular weight excluding hydrogens is 344 g/mol. The minimum atomic E-state index is 0.366. The van der Waals surface area contributed by atoms with Gasteiger partial charge in [-0.05, 0) is 46.6 Å². The molecule has 0 saturated heterocycles. The summed E-state index contributed by atoms with van der Waals surface area (Å²) in [6.07, 6.45) is 0. The van der Waals surface area contributed by atoms with Crippen LogP contribution in [0.3, 0.4) is 0 Å². The van der Waals surface area contributed by atoms with Crippen LogP contribution in [0.1, 0.15) is 11.3 Å². The van der Waals surface area contributed by atoms with Gasteiger partial charge in [-0.25, -0.2) is 9.97 Å². The van der Waals surface area contributed by atoms with Gasteiger partial charge in [-0.1, -0.05) is 11.6 Å². The highest BCUT2D eigenvalue weighted by Gasteiger charge is 2.13. The summed E-state index contributed by atoms with van der Waals surface area (Å²) < 4.78 is 11.0. The Kier molecular flexibility index (Phi) is 4.96. The van der Waals surface area contributed by atoms with Gasteiger partial charge >= 0.3 is 0 Å². The Bertz CT molecular complexity index is 635. The van der Waals surface area contributed by atoms with E-state index in [9.17, 15) is 0 Å². The highest BCUT2D eigenvalue weighted by atomic mass is 79.9. The lowest BCUT2D eigenvalue weighted by molar-refractivity contribution is 0.181. The zero-order valence-electron chi connectivity index (χ0n) is 11.4. The van der Waals surface area contributed by atoms with Crippen molar-refractivity contribution in [2.24, 2.45) is 0 Å². The van der Waals surface area contributed by atoms with E-state index in [0.717, 1.165) is 22.6 Å². The van der Waals surface area contributed by atoms with Crippen LogP contribution < -0.4 is 4.74 Å². The van der Waals surface area contributed by atoms with Crippen molar-refractivity contribution in [1.82, 2.24) is 9.97 Å². The van der Waals surface area contributed by atoms with Crippen molar-refractivity contribution in [1.29, 1.82) is 0 Å². The van der Waals surface area contributed by atoms with Crippen molar-refractivity contribution in [2.75, 3.05) is 14.2 Å². The molecule has 0 aliphatic heterocycles. The van der Waals surface area contributed by atoms with Crippen molar-refractivity contribution in [2.45, 2.75) is 13.5 Å². The molecule has 0 aliphatic carbocycles. The van der Waals surface area contributed by atoms with Crippen molar-refractivity contribution in [3.8, 4) is 17.1 Å². The van der Waals surface area contributed by atoms with Crippen LogP contribution in [-0.2, 0) is 11.3 Å². The fourth-order valence-corrected chi connectivity index (χ4v) is 2.32. The van der Waals surface area contributed by atoms with E-state index in [1.807, 2.05) is 25.1 Å². The second-order valence-electron chi connectivity index (χ2n) is 4.22. The lowest BCUT2D eigenvalue weighted by Crippen LogP contribution is -2.00. The Morgan fingerprint density at radius 2 is 2.00 bits per heavy atom. The number of methoxy groups -OCH3 is 2. The molecule has 0 fully saturated rings. The maximum absolute atomic E-state index is 6.12. The molecular formula is C14H14BrClN2O2. The third-order valence-electron chi connectivity index (χ3n) is 2.81. The lowest BCUT2D eigenvalue weighted by Gasteiger charge is -2.09. The summed E-state index contributed by atoms with van der Waals surface area (Å²) in [5, 5.41) is 0.371. The number of aryl methyl sites for hydroxylation is 1. The number of hydrogen-bond acceptors (Lipinski definition) is 4. The Balaban J connectivity index is 2.49. The fraction of sp³-hybridized carbons (Fsp3) is 0.286. The first-order valence-corrected chi connectivity index (χ1v) is 7.09. The zero-order chi connectivity index (χ0) is 14.7. The largest absolute Gasteiger partial charge is 0.496 e. The summed E-state index contributed by atoms with van der Waals surface area (Å²) in [5.41, 5.74) is 2.62. The van der Waals surface area contributed by atoms with Gasteiger partial charge in [-0.2, -0.15) is 0 Å². The first-order chi connectivity index (χ1) is 9.56. The molecule has 1 heterocycles. The van der Waals surface area contributed by atoms with Gasteiger partial charge in [0.25, 0.3) is 0 Å². The molecule has 0 amide bonds. The smallest absolute Gasteiger partial charge is 0.161 e. The molecule has 0 unspecified atom stereocenters. The van der Waals surface area contributed by atoms with Gasteiger partial charge in [0.15, 0.2) is 5.82 Å². The van der Waals surface area contributed by atoms with Gasteiger partial charge < -0.3 is 9.47 Å². The maximum Gasteiger partial charge on any atom is 0.161 e. The standard InChI is InChI=1S/C14H14BrClN2O2/c1-8-6-9(4-5-11(8)20-3)14-17-10(7-19-2)12(15)13(16)18-14/h4-6H,7H2,1-3H3. The average Bonchev–Trinajstić information content (AvgIpc) is 2.43. The van der Waals surface area contributed by atoms with Crippen LogP contribution in [-0.4, -0.2) is 24.2 Å². The van der Waals surface area contributed by atoms with Gasteiger partial charge in [-0.3, -0.25) is 0 Å². The molecule has 4 nitrogen and oxygen atoms in total. The van der Waals surface area contributed by atoms with Crippen LogP contribution in [0, 0.1) is 6.92 Å². The van der Waals surface area contributed by atoms with Crippen molar-refractivity contribution >= 4 is 27.5 Å². The number of aromatic nitrogens is 2. The molecule has 1 aromatic carbocycles. The summed E-state index contributed by atoms with van der Waals surface area (Å²) in [4.78, 5) is 8.78. The summed E-state index contributed by atoms with van der Waals surface area (Å²) in [6.45, 7) is 2.34. The number of benzene rings is 1. The van der Waals surface area contributed by atoms with E-state index >= 15 is 0 Å². The third-order valence-corrected chi connectivity index (χ3v) is 4.15. The van der Waals surface area contributed by atoms with Crippen LogP contribution in [0.15, 0.2) is 22.7 Å². The van der Waals surface area contributed by atoms with Crippen molar-refractivity contribution in [3.63, 3.8) is 0 Å². The molecule has 0 bridgehead atoms. The Hall–Kier alpha value is -1.17. The SMILES string of the molecule is COCc1nc(-c2ccc(OC)c(C)c2)nc(Cl)c1Br. The number of halogens is 2. The van der Waals surface area contributed by atoms with Gasteiger partial charge in [0.2, 0.25) is 0 Å². The van der Waals surface area contributed by atoms with E-state index in [0.29, 0.717) is 22.1 Å². The first-order valence-electron chi connectivity index (χ1n) is 5.92. The Morgan fingerprint density at radius 3 is 2.60 bits per heavy atom. The Morgan fingerprint density at radius 1 is 1.25 bits per heavy atom. The van der Waals surface area contributed by atoms with Crippen LogP contribution in [0.5, 0.6) is 5.75 Å². The molecule has 0 spiro atoms. The Labute approximate surface area is 131 Å². The quantitative estimate of drug-likeness (QED) is 0.775. The topological polar surface area (TPSA) is 44.2 Å². The van der Waals surface area contributed by atoms with E-state index in [2.05, 4.69) is 25.9 Å². The molecule has 0 saturated carbocycles. The van der Waals surface area contributed by atoms with Crippen molar-refractivity contribution < 1.29 is 9.47 Å². The first kappa shape index (κ1) is 15.2. The van der Waals surface area contributed by atoms with E-state index in [1.165, 1.54) is 0 Å². The maximum atomic E-state index is 6.12. The minimum absolute atomic E-state index is 0.366. The zero-order valence-corrected chi connectivity index (χ0v) is 13.7. The van der Waals surface area contributed by atoms with Gasteiger partial charge in [0.05, 0.1) is 23.9 Å². The van der Waals surface area contributed by atoms with Crippen LogP contribution >= 0.6 is 27.5 Å². The third kappa shape index (κ3) is 3.11. The van der Waals surface area contributed by atoms with Gasteiger partial charge in [0, 0.05) is 12.7 Å². The molecule has 0 N–H and O–H groups in total. The summed E-state index contributed by atoms with van der Waals surface area (Å²) >= 11 is 9.49. The molecule has 1 aromatic heterocycles. The molecule has 0 radical (unpaired) electrons. The molecule has 2 aromatic rings. The molecule has 2 rings (SSSR count). The van der Waals surface area contributed by atoms with Crippen molar-refractivity contribution in [3.05, 3.63) is 39.1 Å². The number of nitrogens with zero attached hydrogens (tertiary/aromatic N) is 2. The minimum Gasteiger partial charge on any atom is -0.496 e. The summed E-state index contributed by atoms with van der Waals surface area (Å²) in [7, 11) is 3.26. The van der Waals surface area contributed by atoms with E-state index in [4.69, 9.17) is 21.1 Å². The summed E-state index contributed by atoms with van der Waals surface area (Å²) in [5.74, 6) is 1.39. The average molecular weight is 358 g/mol. The molecule has 0 aliphatic rings. The van der Waals surface area contributed by atoms with Gasteiger partial charge in [-0.15, -0.1) is 0 Å². The predicted molar refractivity (Wildman–Crippen MR) is 82.2 cm³/mol.